The Labute approximate surface area is 118 Å². The van der Waals surface area contributed by atoms with Crippen molar-refractivity contribution in [3.8, 4) is 0 Å². The number of likely N-dealkylation sites (N-methyl/N-ethyl adjacent to an activating group) is 1. The van der Waals surface area contributed by atoms with Crippen molar-refractivity contribution in [1.82, 2.24) is 20.0 Å². The Balaban J connectivity index is 1.77. The summed E-state index contributed by atoms with van der Waals surface area (Å²) in [6.45, 7) is 4.86. The van der Waals surface area contributed by atoms with Crippen LogP contribution in [0.5, 0.6) is 0 Å². The summed E-state index contributed by atoms with van der Waals surface area (Å²) < 4.78 is 0. The molecule has 4 amide bonds. The molecule has 7 heteroatoms. The molecule has 0 aliphatic carbocycles. The average molecular weight is 282 g/mol. The lowest BCUT2D eigenvalue weighted by molar-refractivity contribution is -0.134. The highest BCUT2D eigenvalue weighted by Crippen LogP contribution is 2.11. The number of carbonyl (C=O) groups is 3. The van der Waals surface area contributed by atoms with Crippen molar-refractivity contribution in [2.75, 3.05) is 39.8 Å². The van der Waals surface area contributed by atoms with Crippen molar-refractivity contribution in [3.05, 3.63) is 0 Å². The molecule has 0 aromatic rings. The minimum absolute atomic E-state index is 0.103. The normalized spacial score (nSPS) is 23.7. The van der Waals surface area contributed by atoms with Crippen LogP contribution < -0.4 is 5.32 Å². The topological polar surface area (TPSA) is 73.0 Å². The molecule has 2 rings (SSSR count). The second-order valence-electron chi connectivity index (χ2n) is 5.43. The number of nitrogens with zero attached hydrogens (tertiary/aromatic N) is 3. The smallest absolute Gasteiger partial charge is 0.326 e. The quantitative estimate of drug-likeness (QED) is 0.704. The molecule has 0 radical (unpaired) electrons. The van der Waals surface area contributed by atoms with E-state index >= 15 is 0 Å². The molecule has 0 aromatic heterocycles. The van der Waals surface area contributed by atoms with Gasteiger partial charge in [0, 0.05) is 45.7 Å². The van der Waals surface area contributed by atoms with Gasteiger partial charge >= 0.3 is 6.03 Å². The van der Waals surface area contributed by atoms with Crippen molar-refractivity contribution in [3.63, 3.8) is 0 Å². The SMILES string of the molecule is CC1CNCCN1C(=O)CCCN1C(=O)CN(C)C1=O. The van der Waals surface area contributed by atoms with Crippen LogP contribution in [0.3, 0.4) is 0 Å². The van der Waals surface area contributed by atoms with Crippen LogP contribution in [0.4, 0.5) is 4.79 Å². The molecule has 2 aliphatic heterocycles. The zero-order chi connectivity index (χ0) is 14.7. The van der Waals surface area contributed by atoms with Crippen LogP contribution in [-0.4, -0.2) is 78.4 Å². The van der Waals surface area contributed by atoms with Crippen molar-refractivity contribution in [1.29, 1.82) is 0 Å². The molecule has 7 nitrogen and oxygen atoms in total. The fraction of sp³-hybridized carbons (Fsp3) is 0.769. The first-order valence-corrected chi connectivity index (χ1v) is 7.06. The molecule has 2 aliphatic rings. The third kappa shape index (κ3) is 3.09. The molecule has 0 aromatic carbocycles. The third-order valence-corrected chi connectivity index (χ3v) is 3.82. The molecule has 20 heavy (non-hydrogen) atoms. The van der Waals surface area contributed by atoms with Crippen molar-refractivity contribution in [2.45, 2.75) is 25.8 Å². The third-order valence-electron chi connectivity index (χ3n) is 3.82. The van der Waals surface area contributed by atoms with Crippen LogP contribution in [0.15, 0.2) is 0 Å². The Kier molecular flexibility index (Phi) is 4.59. The lowest BCUT2D eigenvalue weighted by Crippen LogP contribution is -2.52. The predicted molar refractivity (Wildman–Crippen MR) is 73.0 cm³/mol. The van der Waals surface area contributed by atoms with Gasteiger partial charge in [0.1, 0.15) is 6.54 Å². The summed E-state index contributed by atoms with van der Waals surface area (Å²) in [6, 6.07) is -0.0598. The van der Waals surface area contributed by atoms with Crippen LogP contribution in [0, 0.1) is 0 Å². The maximum Gasteiger partial charge on any atom is 0.326 e. The molecule has 2 heterocycles. The van der Waals surface area contributed by atoms with Crippen molar-refractivity contribution >= 4 is 17.8 Å². The van der Waals surface area contributed by atoms with Gasteiger partial charge in [-0.3, -0.25) is 14.5 Å². The lowest BCUT2D eigenvalue weighted by atomic mass is 10.2. The van der Waals surface area contributed by atoms with E-state index in [2.05, 4.69) is 5.32 Å². The van der Waals surface area contributed by atoms with Crippen LogP contribution in [0.25, 0.3) is 0 Å². The fourth-order valence-corrected chi connectivity index (χ4v) is 2.63. The number of hydrogen-bond acceptors (Lipinski definition) is 4. The number of nitrogens with one attached hydrogen (secondary N) is 1. The van der Waals surface area contributed by atoms with Gasteiger partial charge in [0.2, 0.25) is 11.8 Å². The number of hydrogen-bond donors (Lipinski definition) is 1. The van der Waals surface area contributed by atoms with E-state index < -0.39 is 0 Å². The first kappa shape index (κ1) is 14.8. The summed E-state index contributed by atoms with van der Waals surface area (Å²) in [5.41, 5.74) is 0. The summed E-state index contributed by atoms with van der Waals surface area (Å²) in [5, 5.41) is 3.24. The molecule has 0 spiro atoms. The monoisotopic (exact) mass is 282 g/mol. The van der Waals surface area contributed by atoms with E-state index in [1.165, 1.54) is 9.80 Å². The van der Waals surface area contributed by atoms with E-state index in [0.717, 1.165) is 19.6 Å². The van der Waals surface area contributed by atoms with Gasteiger partial charge in [-0.1, -0.05) is 0 Å². The number of imide groups is 1. The number of rotatable bonds is 4. The highest BCUT2D eigenvalue weighted by atomic mass is 16.2. The molecule has 1 unspecified atom stereocenters. The Bertz CT molecular complexity index is 412. The Morgan fingerprint density at radius 1 is 1.40 bits per heavy atom. The maximum atomic E-state index is 12.1. The maximum absolute atomic E-state index is 12.1. The van der Waals surface area contributed by atoms with Crippen LogP contribution in [-0.2, 0) is 9.59 Å². The number of piperazine rings is 1. The summed E-state index contributed by atoms with van der Waals surface area (Å²) >= 11 is 0. The van der Waals surface area contributed by atoms with Gasteiger partial charge < -0.3 is 15.1 Å². The summed E-state index contributed by atoms with van der Waals surface area (Å²) in [5.74, 6) is -0.0769. The second-order valence-corrected chi connectivity index (χ2v) is 5.43. The molecular weight excluding hydrogens is 260 g/mol. The lowest BCUT2D eigenvalue weighted by Gasteiger charge is -2.34. The minimum atomic E-state index is -0.266. The number of carbonyl (C=O) groups excluding carboxylic acids is 3. The number of amides is 4. The van der Waals surface area contributed by atoms with Gasteiger partial charge in [0.25, 0.3) is 0 Å². The van der Waals surface area contributed by atoms with Gasteiger partial charge in [0.05, 0.1) is 0 Å². The van der Waals surface area contributed by atoms with Crippen LogP contribution in [0.2, 0.25) is 0 Å². The molecule has 112 valence electrons. The summed E-state index contributed by atoms with van der Waals surface area (Å²) in [7, 11) is 1.60. The minimum Gasteiger partial charge on any atom is -0.337 e. The Morgan fingerprint density at radius 3 is 2.75 bits per heavy atom. The van der Waals surface area contributed by atoms with Crippen LogP contribution in [0.1, 0.15) is 19.8 Å². The predicted octanol–water partition coefficient (Wildman–Crippen LogP) is -0.519. The Hall–Kier alpha value is -1.63. The zero-order valence-corrected chi connectivity index (χ0v) is 12.1. The highest BCUT2D eigenvalue weighted by molar-refractivity contribution is 6.01. The average Bonchev–Trinajstić information content (AvgIpc) is 2.65. The van der Waals surface area contributed by atoms with Gasteiger partial charge in [-0.05, 0) is 13.3 Å². The van der Waals surface area contributed by atoms with Crippen molar-refractivity contribution < 1.29 is 14.4 Å². The second kappa shape index (κ2) is 6.21. The molecular formula is C13H22N4O3. The molecule has 2 fully saturated rings. The van der Waals surface area contributed by atoms with Crippen molar-refractivity contribution in [2.24, 2.45) is 0 Å². The molecule has 1 atom stereocenters. The largest absolute Gasteiger partial charge is 0.337 e. The van der Waals surface area contributed by atoms with E-state index in [1.54, 1.807) is 7.05 Å². The highest BCUT2D eigenvalue weighted by Gasteiger charge is 2.33. The summed E-state index contributed by atoms with van der Waals surface area (Å²) in [6.07, 6.45) is 0.909. The van der Waals surface area contributed by atoms with E-state index in [1.807, 2.05) is 11.8 Å². The zero-order valence-electron chi connectivity index (χ0n) is 12.1. The molecule has 2 saturated heterocycles. The van der Waals surface area contributed by atoms with Crippen LogP contribution >= 0.6 is 0 Å². The first-order valence-electron chi connectivity index (χ1n) is 7.06. The molecule has 0 saturated carbocycles. The number of urea groups is 1. The van der Waals surface area contributed by atoms with Gasteiger partial charge in [-0.15, -0.1) is 0 Å². The Morgan fingerprint density at radius 2 is 2.15 bits per heavy atom. The fourth-order valence-electron chi connectivity index (χ4n) is 2.63. The standard InChI is InChI=1S/C13H22N4O3/c1-10-8-14-5-7-16(10)11(18)4-3-6-17-12(19)9-15(2)13(17)20/h10,14H,3-9H2,1-2H3. The first-order chi connectivity index (χ1) is 9.50. The van der Waals surface area contributed by atoms with E-state index in [9.17, 15) is 14.4 Å². The van der Waals surface area contributed by atoms with Gasteiger partial charge in [-0.2, -0.15) is 0 Å². The van der Waals surface area contributed by atoms with E-state index in [0.29, 0.717) is 19.4 Å². The summed E-state index contributed by atoms with van der Waals surface area (Å²) in [4.78, 5) is 39.9. The molecule has 1 N–H and O–H groups in total. The van der Waals surface area contributed by atoms with E-state index in [4.69, 9.17) is 0 Å². The van der Waals surface area contributed by atoms with E-state index in [-0.39, 0.29) is 30.4 Å². The van der Waals surface area contributed by atoms with Gasteiger partial charge in [-0.25, -0.2) is 4.79 Å². The molecule has 0 bridgehead atoms. The van der Waals surface area contributed by atoms with Gasteiger partial charge in [0.15, 0.2) is 0 Å².